The average Bonchev–Trinajstić information content (AvgIpc) is 2.85. The van der Waals surface area contributed by atoms with E-state index in [0.29, 0.717) is 22.2 Å². The lowest BCUT2D eigenvalue weighted by molar-refractivity contribution is 0.102. The summed E-state index contributed by atoms with van der Waals surface area (Å²) in [7, 11) is 0. The van der Waals surface area contributed by atoms with Gasteiger partial charge in [0.2, 0.25) is 0 Å². The largest absolute Gasteiger partial charge is 0.356 e. The Morgan fingerprint density at radius 1 is 1.12 bits per heavy atom. The standard InChI is InChI=1S/C18H21ClN4O/c1-13-20-16(18(24)22-15-9-5-4-8-14(15)19)12-17(21-13)23-10-6-2-3-7-11-23/h4-5,8-9,12H,2-3,6-7,10-11H2,1H3,(H,22,24). The van der Waals surface area contributed by atoms with Gasteiger partial charge >= 0.3 is 0 Å². The normalized spacial score (nSPS) is 15.0. The lowest BCUT2D eigenvalue weighted by Crippen LogP contribution is -2.26. The van der Waals surface area contributed by atoms with Crippen molar-refractivity contribution in [2.75, 3.05) is 23.3 Å². The zero-order chi connectivity index (χ0) is 16.9. The van der Waals surface area contributed by atoms with Gasteiger partial charge in [-0.2, -0.15) is 0 Å². The highest BCUT2D eigenvalue weighted by Gasteiger charge is 2.16. The van der Waals surface area contributed by atoms with Gasteiger partial charge in [0, 0.05) is 19.2 Å². The molecule has 1 saturated heterocycles. The van der Waals surface area contributed by atoms with E-state index in [1.54, 1.807) is 18.2 Å². The number of carbonyl (C=O) groups is 1. The predicted molar refractivity (Wildman–Crippen MR) is 96.9 cm³/mol. The fourth-order valence-corrected chi connectivity index (χ4v) is 3.06. The predicted octanol–water partition coefficient (Wildman–Crippen LogP) is 4.07. The molecular formula is C18H21ClN4O. The Morgan fingerprint density at radius 3 is 2.54 bits per heavy atom. The summed E-state index contributed by atoms with van der Waals surface area (Å²) in [4.78, 5) is 23.6. The molecule has 0 unspecified atom stereocenters. The molecule has 1 aromatic heterocycles. The maximum Gasteiger partial charge on any atom is 0.274 e. The average molecular weight is 345 g/mol. The molecule has 0 bridgehead atoms. The number of halogens is 1. The van der Waals surface area contributed by atoms with Crippen LogP contribution in [0.25, 0.3) is 0 Å². The highest BCUT2D eigenvalue weighted by molar-refractivity contribution is 6.33. The summed E-state index contributed by atoms with van der Waals surface area (Å²) in [5.74, 6) is 1.15. The second kappa shape index (κ2) is 7.62. The third kappa shape index (κ3) is 4.03. The van der Waals surface area contributed by atoms with Crippen LogP contribution in [-0.4, -0.2) is 29.0 Å². The molecule has 0 radical (unpaired) electrons. The van der Waals surface area contributed by atoms with Crippen molar-refractivity contribution >= 4 is 29.0 Å². The molecule has 0 aliphatic carbocycles. The van der Waals surface area contributed by atoms with Crippen molar-refractivity contribution in [1.29, 1.82) is 0 Å². The van der Waals surface area contributed by atoms with Crippen LogP contribution in [0.15, 0.2) is 30.3 Å². The lowest BCUT2D eigenvalue weighted by atomic mass is 10.2. The highest BCUT2D eigenvalue weighted by atomic mass is 35.5. The SMILES string of the molecule is Cc1nc(C(=O)Nc2ccccc2Cl)cc(N2CCCCCC2)n1. The highest BCUT2D eigenvalue weighted by Crippen LogP contribution is 2.22. The fourth-order valence-electron chi connectivity index (χ4n) is 2.88. The number of hydrogen-bond acceptors (Lipinski definition) is 4. The first-order chi connectivity index (χ1) is 11.6. The summed E-state index contributed by atoms with van der Waals surface area (Å²) in [6, 6.07) is 8.93. The maximum absolute atomic E-state index is 12.5. The van der Waals surface area contributed by atoms with Gasteiger partial charge in [-0.05, 0) is 31.9 Å². The number of anilines is 2. The van der Waals surface area contributed by atoms with Crippen molar-refractivity contribution in [1.82, 2.24) is 9.97 Å². The zero-order valence-corrected chi connectivity index (χ0v) is 14.5. The van der Waals surface area contributed by atoms with Gasteiger partial charge in [0.1, 0.15) is 17.3 Å². The number of nitrogens with zero attached hydrogens (tertiary/aromatic N) is 3. The first-order valence-electron chi connectivity index (χ1n) is 8.30. The molecule has 0 saturated carbocycles. The minimum atomic E-state index is -0.273. The molecule has 1 aliphatic rings. The zero-order valence-electron chi connectivity index (χ0n) is 13.8. The van der Waals surface area contributed by atoms with E-state index in [-0.39, 0.29) is 5.91 Å². The number of benzene rings is 1. The number of amides is 1. The van der Waals surface area contributed by atoms with Crippen LogP contribution in [0.1, 0.15) is 42.0 Å². The number of aryl methyl sites for hydroxylation is 1. The molecule has 2 aromatic rings. The summed E-state index contributed by atoms with van der Waals surface area (Å²) in [6.07, 6.45) is 4.81. The van der Waals surface area contributed by atoms with E-state index >= 15 is 0 Å². The molecule has 24 heavy (non-hydrogen) atoms. The van der Waals surface area contributed by atoms with E-state index in [4.69, 9.17) is 11.6 Å². The number of carbonyl (C=O) groups excluding carboxylic acids is 1. The Kier molecular flexibility index (Phi) is 5.30. The summed E-state index contributed by atoms with van der Waals surface area (Å²) < 4.78 is 0. The van der Waals surface area contributed by atoms with Crippen LogP contribution in [-0.2, 0) is 0 Å². The topological polar surface area (TPSA) is 58.1 Å². The molecule has 1 N–H and O–H groups in total. The van der Waals surface area contributed by atoms with Gasteiger partial charge in [0.05, 0.1) is 10.7 Å². The molecular weight excluding hydrogens is 324 g/mol. The summed E-state index contributed by atoms with van der Waals surface area (Å²) in [5, 5.41) is 3.32. The molecule has 1 amide bonds. The van der Waals surface area contributed by atoms with Gasteiger partial charge in [-0.15, -0.1) is 0 Å². The van der Waals surface area contributed by atoms with Gasteiger partial charge in [0.25, 0.3) is 5.91 Å². The van der Waals surface area contributed by atoms with E-state index in [9.17, 15) is 4.79 Å². The van der Waals surface area contributed by atoms with Crippen LogP contribution in [0.5, 0.6) is 0 Å². The monoisotopic (exact) mass is 344 g/mol. The Bertz CT molecular complexity index is 727. The van der Waals surface area contributed by atoms with E-state index in [0.717, 1.165) is 31.7 Å². The molecule has 2 heterocycles. The van der Waals surface area contributed by atoms with Crippen LogP contribution in [0.3, 0.4) is 0 Å². The van der Waals surface area contributed by atoms with Crippen molar-refractivity contribution in [2.45, 2.75) is 32.6 Å². The van der Waals surface area contributed by atoms with Crippen LogP contribution in [0, 0.1) is 6.92 Å². The van der Waals surface area contributed by atoms with Gasteiger partial charge in [0.15, 0.2) is 0 Å². The number of hydrogen-bond donors (Lipinski definition) is 1. The Morgan fingerprint density at radius 2 is 1.83 bits per heavy atom. The molecule has 6 heteroatoms. The van der Waals surface area contributed by atoms with E-state index < -0.39 is 0 Å². The van der Waals surface area contributed by atoms with Crippen LogP contribution in [0.2, 0.25) is 5.02 Å². The van der Waals surface area contributed by atoms with Crippen molar-refractivity contribution in [3.8, 4) is 0 Å². The van der Waals surface area contributed by atoms with Crippen LogP contribution >= 0.6 is 11.6 Å². The van der Waals surface area contributed by atoms with E-state index in [1.165, 1.54) is 12.8 Å². The molecule has 5 nitrogen and oxygen atoms in total. The first-order valence-corrected chi connectivity index (χ1v) is 8.68. The molecule has 0 atom stereocenters. The quantitative estimate of drug-likeness (QED) is 0.911. The van der Waals surface area contributed by atoms with Crippen molar-refractivity contribution in [3.05, 3.63) is 46.9 Å². The van der Waals surface area contributed by atoms with Crippen molar-refractivity contribution < 1.29 is 4.79 Å². The summed E-state index contributed by atoms with van der Waals surface area (Å²) in [5.41, 5.74) is 0.943. The van der Waals surface area contributed by atoms with Crippen LogP contribution < -0.4 is 10.2 Å². The number of aromatic nitrogens is 2. The molecule has 1 fully saturated rings. The van der Waals surface area contributed by atoms with Crippen molar-refractivity contribution in [3.63, 3.8) is 0 Å². The Balaban J connectivity index is 1.82. The van der Waals surface area contributed by atoms with E-state index in [1.807, 2.05) is 19.1 Å². The smallest absolute Gasteiger partial charge is 0.274 e. The second-order valence-electron chi connectivity index (χ2n) is 5.99. The van der Waals surface area contributed by atoms with Gasteiger partial charge in [-0.1, -0.05) is 36.6 Å². The van der Waals surface area contributed by atoms with Gasteiger partial charge < -0.3 is 10.2 Å². The Hall–Kier alpha value is -2.14. The molecule has 1 aliphatic heterocycles. The molecule has 1 aromatic carbocycles. The van der Waals surface area contributed by atoms with Crippen LogP contribution in [0.4, 0.5) is 11.5 Å². The Labute approximate surface area is 147 Å². The second-order valence-corrected chi connectivity index (χ2v) is 6.40. The third-order valence-corrected chi connectivity index (χ3v) is 4.44. The van der Waals surface area contributed by atoms with Gasteiger partial charge in [-0.3, -0.25) is 4.79 Å². The lowest BCUT2D eigenvalue weighted by Gasteiger charge is -2.22. The summed E-state index contributed by atoms with van der Waals surface area (Å²) in [6.45, 7) is 3.76. The van der Waals surface area contributed by atoms with Gasteiger partial charge in [-0.25, -0.2) is 9.97 Å². The van der Waals surface area contributed by atoms with Crippen molar-refractivity contribution in [2.24, 2.45) is 0 Å². The minimum Gasteiger partial charge on any atom is -0.356 e. The number of rotatable bonds is 3. The maximum atomic E-state index is 12.5. The molecule has 0 spiro atoms. The van der Waals surface area contributed by atoms with E-state index in [2.05, 4.69) is 20.2 Å². The fraction of sp³-hybridized carbons (Fsp3) is 0.389. The summed E-state index contributed by atoms with van der Waals surface area (Å²) >= 11 is 6.10. The third-order valence-electron chi connectivity index (χ3n) is 4.11. The molecule has 3 rings (SSSR count). The minimum absolute atomic E-state index is 0.273. The first kappa shape index (κ1) is 16.7. The molecule has 126 valence electrons. The number of nitrogens with one attached hydrogen (secondary N) is 1. The number of para-hydroxylation sites is 1.